The average molecular weight is 220 g/mol. The van der Waals surface area contributed by atoms with Gasteiger partial charge in [0, 0.05) is 30.5 Å². The highest BCUT2D eigenvalue weighted by Gasteiger charge is 2.31. The number of carbonyl (C=O) groups excluding carboxylic acids is 1. The van der Waals surface area contributed by atoms with Crippen LogP contribution in [0.15, 0.2) is 24.3 Å². The van der Waals surface area contributed by atoms with Crippen LogP contribution in [0.5, 0.6) is 0 Å². The SMILES string of the molecule is CC1C(=O)NCC1c1ccc([N+](=O)[O-])cc1. The predicted octanol–water partition coefficient (Wildman–Crippen LogP) is 1.44. The lowest BCUT2D eigenvalue weighted by atomic mass is 9.90. The number of nitrogens with one attached hydrogen (secondary N) is 1. The fourth-order valence-corrected chi connectivity index (χ4v) is 1.98. The van der Waals surface area contributed by atoms with Crippen molar-refractivity contribution in [1.82, 2.24) is 5.32 Å². The summed E-state index contributed by atoms with van der Waals surface area (Å²) >= 11 is 0. The van der Waals surface area contributed by atoms with Gasteiger partial charge in [0.05, 0.1) is 4.92 Å². The standard InChI is InChI=1S/C11H12N2O3/c1-7-10(6-12-11(7)14)8-2-4-9(5-3-8)13(15)16/h2-5,7,10H,6H2,1H3,(H,12,14). The Morgan fingerprint density at radius 1 is 1.38 bits per heavy atom. The number of amides is 1. The second-order valence-corrected chi connectivity index (χ2v) is 3.99. The molecule has 5 heteroatoms. The molecule has 1 aliphatic heterocycles. The normalized spacial score (nSPS) is 24.2. The van der Waals surface area contributed by atoms with Crippen molar-refractivity contribution in [3.8, 4) is 0 Å². The van der Waals surface area contributed by atoms with Crippen LogP contribution in [0.3, 0.4) is 0 Å². The molecule has 1 heterocycles. The van der Waals surface area contributed by atoms with E-state index in [1.165, 1.54) is 12.1 Å². The van der Waals surface area contributed by atoms with Gasteiger partial charge in [-0.2, -0.15) is 0 Å². The molecule has 0 spiro atoms. The molecule has 1 N–H and O–H groups in total. The second-order valence-electron chi connectivity index (χ2n) is 3.99. The minimum Gasteiger partial charge on any atom is -0.355 e. The van der Waals surface area contributed by atoms with Crippen LogP contribution in [0.25, 0.3) is 0 Å². The summed E-state index contributed by atoms with van der Waals surface area (Å²) in [5.74, 6) is 0.0955. The van der Waals surface area contributed by atoms with E-state index < -0.39 is 4.92 Å². The van der Waals surface area contributed by atoms with Crippen LogP contribution in [0.2, 0.25) is 0 Å². The average Bonchev–Trinajstić information content (AvgIpc) is 2.60. The summed E-state index contributed by atoms with van der Waals surface area (Å²) in [4.78, 5) is 21.4. The van der Waals surface area contributed by atoms with Gasteiger partial charge in [0.15, 0.2) is 0 Å². The van der Waals surface area contributed by atoms with E-state index in [9.17, 15) is 14.9 Å². The number of rotatable bonds is 2. The van der Waals surface area contributed by atoms with Crippen molar-refractivity contribution in [2.75, 3.05) is 6.54 Å². The molecule has 0 aromatic heterocycles. The molecule has 0 aliphatic carbocycles. The van der Waals surface area contributed by atoms with Gasteiger partial charge in [-0.05, 0) is 5.56 Å². The monoisotopic (exact) mass is 220 g/mol. The highest BCUT2D eigenvalue weighted by Crippen LogP contribution is 2.29. The smallest absolute Gasteiger partial charge is 0.269 e. The Hall–Kier alpha value is -1.91. The summed E-state index contributed by atoms with van der Waals surface area (Å²) in [6.07, 6.45) is 0. The first-order chi connectivity index (χ1) is 7.59. The van der Waals surface area contributed by atoms with Gasteiger partial charge in [0.2, 0.25) is 5.91 Å². The van der Waals surface area contributed by atoms with Gasteiger partial charge in [-0.1, -0.05) is 19.1 Å². The van der Waals surface area contributed by atoms with E-state index in [2.05, 4.69) is 5.32 Å². The van der Waals surface area contributed by atoms with Gasteiger partial charge in [0.25, 0.3) is 5.69 Å². The first-order valence-corrected chi connectivity index (χ1v) is 5.11. The molecule has 0 saturated carbocycles. The van der Waals surface area contributed by atoms with Crippen molar-refractivity contribution >= 4 is 11.6 Å². The third-order valence-corrected chi connectivity index (χ3v) is 3.05. The quantitative estimate of drug-likeness (QED) is 0.605. The Labute approximate surface area is 92.6 Å². The van der Waals surface area contributed by atoms with E-state index in [-0.39, 0.29) is 23.4 Å². The maximum absolute atomic E-state index is 11.3. The zero-order valence-corrected chi connectivity index (χ0v) is 8.84. The zero-order valence-electron chi connectivity index (χ0n) is 8.84. The topological polar surface area (TPSA) is 72.2 Å². The summed E-state index contributed by atoms with van der Waals surface area (Å²) in [6.45, 7) is 2.48. The summed E-state index contributed by atoms with van der Waals surface area (Å²) < 4.78 is 0. The van der Waals surface area contributed by atoms with E-state index >= 15 is 0 Å². The molecule has 1 saturated heterocycles. The summed E-state index contributed by atoms with van der Waals surface area (Å²) in [5, 5.41) is 13.3. The maximum atomic E-state index is 11.3. The van der Waals surface area contributed by atoms with Crippen molar-refractivity contribution in [3.63, 3.8) is 0 Å². The van der Waals surface area contributed by atoms with Gasteiger partial charge >= 0.3 is 0 Å². The van der Waals surface area contributed by atoms with E-state index in [4.69, 9.17) is 0 Å². The molecule has 2 atom stereocenters. The lowest BCUT2D eigenvalue weighted by Crippen LogP contribution is -2.16. The molecule has 1 amide bonds. The van der Waals surface area contributed by atoms with E-state index in [1.54, 1.807) is 12.1 Å². The summed E-state index contributed by atoms with van der Waals surface area (Å²) in [5.41, 5.74) is 1.05. The Kier molecular flexibility index (Phi) is 2.60. The van der Waals surface area contributed by atoms with Crippen LogP contribution in [0, 0.1) is 16.0 Å². The Balaban J connectivity index is 2.22. The molecule has 0 bridgehead atoms. The summed E-state index contributed by atoms with van der Waals surface area (Å²) in [6, 6.07) is 6.40. The van der Waals surface area contributed by atoms with Crippen molar-refractivity contribution < 1.29 is 9.72 Å². The number of benzene rings is 1. The first-order valence-electron chi connectivity index (χ1n) is 5.11. The summed E-state index contributed by atoms with van der Waals surface area (Å²) in [7, 11) is 0. The zero-order chi connectivity index (χ0) is 11.7. The largest absolute Gasteiger partial charge is 0.355 e. The highest BCUT2D eigenvalue weighted by molar-refractivity contribution is 5.82. The molecule has 0 radical (unpaired) electrons. The van der Waals surface area contributed by atoms with Gasteiger partial charge in [0.1, 0.15) is 0 Å². The fraction of sp³-hybridized carbons (Fsp3) is 0.364. The van der Waals surface area contributed by atoms with Crippen molar-refractivity contribution in [1.29, 1.82) is 0 Å². The molecule has 1 aromatic rings. The Bertz CT molecular complexity index is 427. The molecule has 1 fully saturated rings. The third-order valence-electron chi connectivity index (χ3n) is 3.05. The van der Waals surface area contributed by atoms with Crippen molar-refractivity contribution in [2.24, 2.45) is 5.92 Å². The molecule has 84 valence electrons. The van der Waals surface area contributed by atoms with Crippen LogP contribution in [-0.4, -0.2) is 17.4 Å². The molecule has 5 nitrogen and oxygen atoms in total. The van der Waals surface area contributed by atoms with Crippen molar-refractivity contribution in [2.45, 2.75) is 12.8 Å². The lowest BCUT2D eigenvalue weighted by molar-refractivity contribution is -0.384. The molecule has 16 heavy (non-hydrogen) atoms. The van der Waals surface area contributed by atoms with Crippen LogP contribution in [0.4, 0.5) is 5.69 Å². The van der Waals surface area contributed by atoms with Crippen LogP contribution in [0.1, 0.15) is 18.4 Å². The van der Waals surface area contributed by atoms with Crippen LogP contribution >= 0.6 is 0 Å². The highest BCUT2D eigenvalue weighted by atomic mass is 16.6. The van der Waals surface area contributed by atoms with Gasteiger partial charge in [-0.25, -0.2) is 0 Å². The number of hydrogen-bond acceptors (Lipinski definition) is 3. The van der Waals surface area contributed by atoms with E-state index in [0.717, 1.165) is 5.56 Å². The minimum absolute atomic E-state index is 0.0448. The lowest BCUT2D eigenvalue weighted by Gasteiger charge is -2.12. The number of carbonyl (C=O) groups is 1. The van der Waals surface area contributed by atoms with Gasteiger partial charge in [-0.15, -0.1) is 0 Å². The van der Waals surface area contributed by atoms with Crippen LogP contribution in [-0.2, 0) is 4.79 Å². The Morgan fingerprint density at radius 3 is 2.44 bits per heavy atom. The maximum Gasteiger partial charge on any atom is 0.269 e. The second kappa shape index (κ2) is 3.92. The Morgan fingerprint density at radius 2 is 2.00 bits per heavy atom. The van der Waals surface area contributed by atoms with Gasteiger partial charge < -0.3 is 5.32 Å². The van der Waals surface area contributed by atoms with Gasteiger partial charge in [-0.3, -0.25) is 14.9 Å². The number of nitro benzene ring substituents is 1. The molecule has 1 aromatic carbocycles. The molecule has 2 rings (SSSR count). The van der Waals surface area contributed by atoms with E-state index in [0.29, 0.717) is 6.54 Å². The fourth-order valence-electron chi connectivity index (χ4n) is 1.98. The van der Waals surface area contributed by atoms with Crippen LogP contribution < -0.4 is 5.32 Å². The molecular weight excluding hydrogens is 208 g/mol. The number of nitrogens with zero attached hydrogens (tertiary/aromatic N) is 1. The van der Waals surface area contributed by atoms with Crippen molar-refractivity contribution in [3.05, 3.63) is 39.9 Å². The third kappa shape index (κ3) is 1.76. The van der Waals surface area contributed by atoms with E-state index in [1.807, 2.05) is 6.92 Å². The molecule has 2 unspecified atom stereocenters. The number of nitro groups is 1. The molecular formula is C11H12N2O3. The first kappa shape index (κ1) is 10.6. The number of non-ortho nitro benzene ring substituents is 1. The predicted molar refractivity (Wildman–Crippen MR) is 58.0 cm³/mol. The molecule has 1 aliphatic rings. The number of hydrogen-bond donors (Lipinski definition) is 1. The minimum atomic E-state index is -0.425.